The van der Waals surface area contributed by atoms with Crippen molar-refractivity contribution in [2.45, 2.75) is 0 Å². The summed E-state index contributed by atoms with van der Waals surface area (Å²) in [4.78, 5) is 13.1. The highest BCUT2D eigenvalue weighted by Gasteiger charge is 2.20. The van der Waals surface area contributed by atoms with Gasteiger partial charge in [0.1, 0.15) is 23.5 Å². The molecule has 0 saturated carbocycles. The van der Waals surface area contributed by atoms with E-state index in [0.29, 0.717) is 17.3 Å². The molecule has 3 N–H and O–H groups in total. The number of likely N-dealkylation sites (N-methyl/N-ethyl adjacent to an activating group) is 1. The van der Waals surface area contributed by atoms with Crippen LogP contribution in [0.1, 0.15) is 0 Å². The molecule has 0 bridgehead atoms. The van der Waals surface area contributed by atoms with Gasteiger partial charge < -0.3 is 30.3 Å². The molecule has 0 radical (unpaired) electrons. The van der Waals surface area contributed by atoms with Gasteiger partial charge in [-0.3, -0.25) is 0 Å². The van der Waals surface area contributed by atoms with Crippen LogP contribution in [0, 0.1) is 0 Å². The lowest BCUT2D eigenvalue weighted by Gasteiger charge is -2.33. The van der Waals surface area contributed by atoms with Crippen molar-refractivity contribution in [3.05, 3.63) is 24.5 Å². The molecule has 0 atom stereocenters. The van der Waals surface area contributed by atoms with E-state index in [-0.39, 0.29) is 0 Å². The molecule has 2 heterocycles. The fraction of sp³-hybridized carbons (Fsp3) is 0.412. The molecule has 1 saturated heterocycles. The van der Waals surface area contributed by atoms with Crippen molar-refractivity contribution in [1.29, 1.82) is 0 Å². The predicted octanol–water partition coefficient (Wildman–Crippen LogP) is 1.57. The summed E-state index contributed by atoms with van der Waals surface area (Å²) in [7, 11) is 5.34. The molecule has 1 aliphatic heterocycles. The average molecular weight is 344 g/mol. The van der Waals surface area contributed by atoms with Gasteiger partial charge in [0.05, 0.1) is 19.9 Å². The van der Waals surface area contributed by atoms with Gasteiger partial charge in [0.15, 0.2) is 11.6 Å². The lowest BCUT2D eigenvalue weighted by molar-refractivity contribution is 0.312. The van der Waals surface area contributed by atoms with E-state index in [0.717, 1.165) is 43.4 Å². The summed E-state index contributed by atoms with van der Waals surface area (Å²) in [6.07, 6.45) is 1.53. The summed E-state index contributed by atoms with van der Waals surface area (Å²) < 4.78 is 10.6. The highest BCUT2D eigenvalue weighted by Crippen LogP contribution is 2.34. The van der Waals surface area contributed by atoms with Gasteiger partial charge in [-0.25, -0.2) is 9.97 Å². The minimum absolute atomic E-state index is 0.532. The summed E-state index contributed by atoms with van der Waals surface area (Å²) in [6, 6.07) is 5.53. The Hall–Kier alpha value is -2.74. The first-order chi connectivity index (χ1) is 12.1. The Kier molecular flexibility index (Phi) is 5.08. The summed E-state index contributed by atoms with van der Waals surface area (Å²) >= 11 is 0. The van der Waals surface area contributed by atoms with Crippen LogP contribution in [-0.2, 0) is 0 Å². The van der Waals surface area contributed by atoms with Crippen LogP contribution in [-0.4, -0.2) is 62.3 Å². The highest BCUT2D eigenvalue weighted by atomic mass is 16.5. The van der Waals surface area contributed by atoms with E-state index < -0.39 is 0 Å². The first-order valence-electron chi connectivity index (χ1n) is 8.15. The molecule has 1 aliphatic rings. The fourth-order valence-electron chi connectivity index (χ4n) is 2.79. The minimum atomic E-state index is 0.532. The number of nitrogens with two attached hydrogens (primary N) is 1. The third-order valence-corrected chi connectivity index (χ3v) is 4.33. The van der Waals surface area contributed by atoms with Crippen molar-refractivity contribution in [3.63, 3.8) is 0 Å². The van der Waals surface area contributed by atoms with Crippen LogP contribution < -0.4 is 25.4 Å². The second-order valence-electron chi connectivity index (χ2n) is 5.94. The van der Waals surface area contributed by atoms with Crippen molar-refractivity contribution >= 4 is 23.0 Å². The second-order valence-corrected chi connectivity index (χ2v) is 5.94. The lowest BCUT2D eigenvalue weighted by atomic mass is 10.2. The lowest BCUT2D eigenvalue weighted by Crippen LogP contribution is -2.45. The van der Waals surface area contributed by atoms with Gasteiger partial charge in [-0.05, 0) is 19.2 Å². The molecule has 3 rings (SSSR count). The number of hydrogen-bond acceptors (Lipinski definition) is 8. The van der Waals surface area contributed by atoms with Crippen LogP contribution in [0.4, 0.5) is 23.0 Å². The van der Waals surface area contributed by atoms with E-state index in [2.05, 4.69) is 32.1 Å². The molecule has 0 amide bonds. The van der Waals surface area contributed by atoms with Crippen molar-refractivity contribution in [2.24, 2.45) is 0 Å². The number of nitrogens with zero attached hydrogens (tertiary/aromatic N) is 4. The smallest absolute Gasteiger partial charge is 0.159 e. The Balaban J connectivity index is 1.85. The molecule has 0 aliphatic carbocycles. The number of anilines is 4. The van der Waals surface area contributed by atoms with Gasteiger partial charge in [-0.1, -0.05) is 0 Å². The van der Waals surface area contributed by atoms with Crippen LogP contribution in [0.5, 0.6) is 11.5 Å². The van der Waals surface area contributed by atoms with Gasteiger partial charge >= 0.3 is 0 Å². The number of methoxy groups -OCH3 is 2. The van der Waals surface area contributed by atoms with Gasteiger partial charge in [-0.15, -0.1) is 0 Å². The van der Waals surface area contributed by atoms with E-state index in [1.807, 2.05) is 12.1 Å². The van der Waals surface area contributed by atoms with E-state index in [4.69, 9.17) is 15.2 Å². The summed E-state index contributed by atoms with van der Waals surface area (Å²) in [5, 5.41) is 3.24. The van der Waals surface area contributed by atoms with Gasteiger partial charge in [0.25, 0.3) is 0 Å². The number of aromatic nitrogens is 2. The SMILES string of the molecule is COc1ccc(Nc2ncnc(N3CCN(C)CC3)c2N)c(OC)c1. The predicted molar refractivity (Wildman–Crippen MR) is 99.0 cm³/mol. The molecule has 1 aromatic heterocycles. The summed E-state index contributed by atoms with van der Waals surface area (Å²) in [6.45, 7) is 3.75. The Labute approximate surface area is 147 Å². The molecule has 1 fully saturated rings. The maximum absolute atomic E-state index is 6.34. The molecule has 0 spiro atoms. The van der Waals surface area contributed by atoms with Crippen LogP contribution in [0.2, 0.25) is 0 Å². The number of nitrogens with one attached hydrogen (secondary N) is 1. The number of hydrogen-bond donors (Lipinski definition) is 2. The van der Waals surface area contributed by atoms with Gasteiger partial charge in [0, 0.05) is 32.2 Å². The Bertz CT molecular complexity index is 731. The first-order valence-corrected chi connectivity index (χ1v) is 8.15. The van der Waals surface area contributed by atoms with Crippen LogP contribution in [0.15, 0.2) is 24.5 Å². The molecule has 134 valence electrons. The molecule has 0 unspecified atom stereocenters. The largest absolute Gasteiger partial charge is 0.497 e. The number of ether oxygens (including phenoxy) is 2. The van der Waals surface area contributed by atoms with E-state index >= 15 is 0 Å². The Morgan fingerprint density at radius 2 is 1.84 bits per heavy atom. The number of benzene rings is 1. The third kappa shape index (κ3) is 3.69. The Morgan fingerprint density at radius 3 is 2.52 bits per heavy atom. The molecule has 1 aromatic carbocycles. The van der Waals surface area contributed by atoms with Crippen molar-refractivity contribution in [3.8, 4) is 11.5 Å². The topological polar surface area (TPSA) is 88.8 Å². The molecular formula is C17H24N6O2. The van der Waals surface area contributed by atoms with E-state index in [1.165, 1.54) is 6.33 Å². The molecule has 8 nitrogen and oxygen atoms in total. The minimum Gasteiger partial charge on any atom is -0.497 e. The van der Waals surface area contributed by atoms with Crippen molar-refractivity contribution in [1.82, 2.24) is 14.9 Å². The summed E-state index contributed by atoms with van der Waals surface area (Å²) in [5.74, 6) is 2.69. The number of piperazine rings is 1. The number of nitrogen functional groups attached to an aromatic ring is 1. The zero-order valence-corrected chi connectivity index (χ0v) is 14.8. The average Bonchev–Trinajstić information content (AvgIpc) is 2.64. The normalized spacial score (nSPS) is 15.1. The standard InChI is InChI=1S/C17H24N6O2/c1-22-6-8-23(9-7-22)17-15(18)16(19-11-20-17)21-13-5-4-12(24-2)10-14(13)25-3/h4-5,10-11H,6-9,18H2,1-3H3,(H,19,20,21). The van der Waals surface area contributed by atoms with E-state index in [1.54, 1.807) is 20.3 Å². The zero-order valence-electron chi connectivity index (χ0n) is 14.8. The van der Waals surface area contributed by atoms with Gasteiger partial charge in [-0.2, -0.15) is 0 Å². The van der Waals surface area contributed by atoms with Crippen molar-refractivity contribution < 1.29 is 9.47 Å². The second kappa shape index (κ2) is 7.43. The van der Waals surface area contributed by atoms with E-state index in [9.17, 15) is 0 Å². The van der Waals surface area contributed by atoms with Crippen LogP contribution >= 0.6 is 0 Å². The molecule has 2 aromatic rings. The molecule has 8 heteroatoms. The quantitative estimate of drug-likeness (QED) is 0.845. The Morgan fingerprint density at radius 1 is 1.08 bits per heavy atom. The third-order valence-electron chi connectivity index (χ3n) is 4.33. The number of rotatable bonds is 5. The van der Waals surface area contributed by atoms with Crippen LogP contribution in [0.25, 0.3) is 0 Å². The maximum Gasteiger partial charge on any atom is 0.159 e. The highest BCUT2D eigenvalue weighted by molar-refractivity contribution is 5.80. The maximum atomic E-state index is 6.34. The monoisotopic (exact) mass is 344 g/mol. The fourth-order valence-corrected chi connectivity index (χ4v) is 2.79. The molecular weight excluding hydrogens is 320 g/mol. The zero-order chi connectivity index (χ0) is 17.8. The summed E-state index contributed by atoms with van der Waals surface area (Å²) in [5.41, 5.74) is 7.63. The molecule has 25 heavy (non-hydrogen) atoms. The van der Waals surface area contributed by atoms with Gasteiger partial charge in [0.2, 0.25) is 0 Å². The van der Waals surface area contributed by atoms with Crippen LogP contribution in [0.3, 0.4) is 0 Å². The van der Waals surface area contributed by atoms with Crippen molar-refractivity contribution in [2.75, 3.05) is 63.4 Å². The first kappa shape index (κ1) is 17.1.